The van der Waals surface area contributed by atoms with E-state index in [0.717, 1.165) is 0 Å². The molecule has 144 valence electrons. The van der Waals surface area contributed by atoms with Crippen molar-refractivity contribution in [2.75, 3.05) is 0 Å². The van der Waals surface area contributed by atoms with Crippen LogP contribution in [0.15, 0.2) is 0 Å². The Morgan fingerprint density at radius 3 is 1.07 bits per heavy atom. The molecule has 0 aromatic heterocycles. The average Bonchev–Trinajstić information content (AvgIpc) is 3.57. The second-order valence-electron chi connectivity index (χ2n) is 21.2. The van der Waals surface area contributed by atoms with Crippen LogP contribution in [0.3, 0.4) is 0 Å². The quantitative estimate of drug-likeness (QED) is 0.377. The summed E-state index contributed by atoms with van der Waals surface area (Å²) in [7, 11) is 0. The van der Waals surface area contributed by atoms with Gasteiger partial charge >= 0.3 is 140 Å². The van der Waals surface area contributed by atoms with E-state index in [0.29, 0.717) is 0 Å². The summed E-state index contributed by atoms with van der Waals surface area (Å²) in [4.78, 5) is 29.0. The summed E-state index contributed by atoms with van der Waals surface area (Å²) in [5.74, 6) is 1.51. The number of rotatable bonds is 5. The molecule has 0 N–H and O–H groups in total. The Labute approximate surface area is 139 Å². The molecule has 0 aliphatic carbocycles. The van der Waals surface area contributed by atoms with E-state index in [1.54, 1.807) is 93.1 Å². The average molecular weight is 440 g/mol. The summed E-state index contributed by atoms with van der Waals surface area (Å²) in [5.41, 5.74) is 0. The first-order chi connectivity index (χ1) is 12.8. The zero-order valence-electron chi connectivity index (χ0n) is 15.8. The van der Waals surface area contributed by atoms with Gasteiger partial charge in [0.05, 0.1) is 0 Å². The molecule has 0 aromatic rings. The van der Waals surface area contributed by atoms with Crippen LogP contribution in [0.2, 0.25) is 95.3 Å². The normalized spacial score (nSPS) is 149. The molecule has 20 fully saturated rings. The first-order valence-corrected chi connectivity index (χ1v) is 25.8. The zero-order valence-corrected chi connectivity index (χ0v) is 18.0. The van der Waals surface area contributed by atoms with E-state index in [4.69, 9.17) is 0 Å². The third kappa shape index (κ3) is 0.0864. The van der Waals surface area contributed by atoms with Crippen LogP contribution in [0, 0.1) is 5.92 Å². The molecule has 2 heteroatoms. The van der Waals surface area contributed by atoms with Gasteiger partial charge in [-0.3, -0.25) is 0 Å². The van der Waals surface area contributed by atoms with Crippen molar-refractivity contribution in [3.63, 3.8) is 0 Å². The van der Waals surface area contributed by atoms with Crippen LogP contribution in [0.25, 0.3) is 0 Å². The van der Waals surface area contributed by atoms with Gasteiger partial charge in [-0.05, 0) is 0 Å². The third-order valence-electron chi connectivity index (χ3n) is 31.5. The summed E-state index contributed by atoms with van der Waals surface area (Å²) in [6.45, 7) is -3.27. The van der Waals surface area contributed by atoms with Gasteiger partial charge in [-0.2, -0.15) is 0 Å². The standard InChI is InChI=1S/C15H18.2C5H5.2Fe/c1-2-3-12-15(13-8-4-5-9-13)14-10-6-7-11-14;2*1-2-4-5-3-1;;/h4-11,15H,2-3,12H2,1H3;2*1-5H;;. The van der Waals surface area contributed by atoms with Gasteiger partial charge in [0.2, 0.25) is 0 Å². The number of unbranched alkanes of at least 4 members (excludes halogenated alkanes) is 1. The van der Waals surface area contributed by atoms with Crippen LogP contribution in [0.1, 0.15) is 26.2 Å². The topological polar surface area (TPSA) is 0 Å². The van der Waals surface area contributed by atoms with E-state index < -0.39 is 13.0 Å². The Morgan fingerprint density at radius 1 is 0.556 bits per heavy atom. The predicted molar refractivity (Wildman–Crippen MR) is 95.9 cm³/mol. The fraction of sp³-hybridized carbons (Fsp3) is 1.00. The Hall–Kier alpha value is 1.04. The third-order valence-corrected chi connectivity index (χ3v) is 117. The van der Waals surface area contributed by atoms with Crippen LogP contribution in [0.5, 0.6) is 0 Å². The molecule has 27 heavy (non-hydrogen) atoms. The van der Waals surface area contributed by atoms with Gasteiger partial charge in [-0.25, -0.2) is 0 Å². The summed E-state index contributed by atoms with van der Waals surface area (Å²) < 4.78 is 2.62. The van der Waals surface area contributed by atoms with Crippen molar-refractivity contribution >= 4 is 0 Å². The first kappa shape index (κ1) is 9.26. The fourth-order valence-corrected chi connectivity index (χ4v) is 187. The predicted octanol–water partition coefficient (Wildman–Crippen LogP) is 8.31. The van der Waals surface area contributed by atoms with E-state index in [2.05, 4.69) is 6.92 Å². The van der Waals surface area contributed by atoms with Gasteiger partial charge < -0.3 is 0 Å². The van der Waals surface area contributed by atoms with Crippen LogP contribution < -0.4 is 0 Å². The molecule has 20 aliphatic rings. The van der Waals surface area contributed by atoms with Gasteiger partial charge in [0.1, 0.15) is 0 Å². The molecule has 0 amide bonds. The van der Waals surface area contributed by atoms with Crippen molar-refractivity contribution in [1.29, 1.82) is 0 Å². The molecular formula is C25H28Fe2. The minimum atomic E-state index is -2.91. The summed E-state index contributed by atoms with van der Waals surface area (Å²) in [6, 6.07) is 0. The van der Waals surface area contributed by atoms with Crippen LogP contribution in [-0.4, -0.2) is 0 Å². The molecule has 0 radical (unpaired) electrons. The van der Waals surface area contributed by atoms with Crippen molar-refractivity contribution in [3.8, 4) is 0 Å². The van der Waals surface area contributed by atoms with Crippen LogP contribution >= 0.6 is 0 Å². The molecule has 0 aromatic carbocycles. The molecule has 20 aliphatic heterocycles. The molecule has 0 nitrogen and oxygen atoms in total. The SMILES string of the molecule is CCCCC([C]12[CH]3[CH]4[CH]5[CH]1[Fe]45321678[CH]2[CH]1[CH]6[CH]7[CH]28)[C]12[CH]3[CH]4[CH]5[CH]1[Fe]45321678[CH]2[CH]1[CH]6[CH]7[CH]28. The number of hydrogen-bond donors (Lipinski definition) is 0. The Balaban J connectivity index is 1.11. The molecule has 2 spiro atoms. The van der Waals surface area contributed by atoms with E-state index in [1.807, 2.05) is 6.42 Å². The first-order valence-electron chi connectivity index (χ1n) is 13.2. The Kier molecular flexibility index (Phi) is 0.237. The summed E-state index contributed by atoms with van der Waals surface area (Å²) in [6.07, 6.45) is 5.07. The monoisotopic (exact) mass is 440 g/mol. The second kappa shape index (κ2) is 0.690. The Morgan fingerprint density at radius 2 is 0.889 bits per heavy atom. The zero-order chi connectivity index (χ0) is 15.7. The molecular weight excluding hydrogens is 412 g/mol. The number of hydrogen-bond acceptors (Lipinski definition) is 0. The molecule has 0 saturated carbocycles. The molecule has 8 unspecified atom stereocenters. The van der Waals surface area contributed by atoms with Crippen molar-refractivity contribution in [1.82, 2.24) is 0 Å². The minimum absolute atomic E-state index is 1.31. The van der Waals surface area contributed by atoms with Gasteiger partial charge in [0, 0.05) is 0 Å². The molecule has 20 saturated heterocycles. The maximum absolute atomic E-state index is 2.91. The second-order valence-corrected chi connectivity index (χ2v) is 68.4. The molecule has 8 atom stereocenters. The van der Waals surface area contributed by atoms with E-state index >= 15 is 0 Å². The molecule has 0 bridgehead atoms. The molecule has 20 rings (SSSR count). The summed E-state index contributed by atoms with van der Waals surface area (Å²) >= 11 is 0. The van der Waals surface area contributed by atoms with Crippen LogP contribution in [0.4, 0.5) is 0 Å². The van der Waals surface area contributed by atoms with Crippen molar-refractivity contribution in [2.24, 2.45) is 5.92 Å². The number of fused-ring (bicyclic) bond motifs is 20. The van der Waals surface area contributed by atoms with Gasteiger partial charge in [-0.1, -0.05) is 0 Å². The van der Waals surface area contributed by atoms with E-state index in [1.165, 1.54) is 21.0 Å². The van der Waals surface area contributed by atoms with Gasteiger partial charge in [-0.15, -0.1) is 0 Å². The van der Waals surface area contributed by atoms with E-state index in [9.17, 15) is 0 Å². The fourth-order valence-electron chi connectivity index (χ4n) is 35.8. The maximum atomic E-state index is 2.55. The van der Waals surface area contributed by atoms with Crippen molar-refractivity contribution in [2.45, 2.75) is 122 Å². The van der Waals surface area contributed by atoms with E-state index in [-0.39, 0.29) is 0 Å². The Bertz CT molecular complexity index is 1760. The van der Waals surface area contributed by atoms with Crippen LogP contribution in [-0.2, 0) is 13.0 Å². The van der Waals surface area contributed by atoms with Crippen molar-refractivity contribution < 1.29 is 13.0 Å². The van der Waals surface area contributed by atoms with Gasteiger partial charge in [0.25, 0.3) is 0 Å². The summed E-state index contributed by atoms with van der Waals surface area (Å²) in [5, 5.41) is 0. The van der Waals surface area contributed by atoms with Gasteiger partial charge in [0.15, 0.2) is 0 Å². The molecule has 20 heterocycles. The van der Waals surface area contributed by atoms with Crippen molar-refractivity contribution in [3.05, 3.63) is 0 Å².